The van der Waals surface area contributed by atoms with Gasteiger partial charge in [-0.2, -0.15) is 0 Å². The maximum atomic E-state index is 2.51. The molecule has 4 rings (SSSR count). The lowest BCUT2D eigenvalue weighted by Crippen LogP contribution is -2.55. The van der Waals surface area contributed by atoms with Crippen LogP contribution in [0.4, 0.5) is 0 Å². The quantitative estimate of drug-likeness (QED) is 0.500. The molecule has 2 aliphatic rings. The van der Waals surface area contributed by atoms with Gasteiger partial charge in [-0.15, -0.1) is 0 Å². The third-order valence-electron chi connectivity index (χ3n) is 7.08. The summed E-state index contributed by atoms with van der Waals surface area (Å²) in [6, 6.07) is 14.3. The molecule has 0 unspecified atom stereocenters. The summed E-state index contributed by atoms with van der Waals surface area (Å²) in [5.41, 5.74) is 9.51. The van der Waals surface area contributed by atoms with Gasteiger partial charge in [0.05, 0.1) is 0 Å². The molecule has 2 aliphatic carbocycles. The molecular formula is C24H30. The Labute approximate surface area is 147 Å². The molecule has 1 fully saturated rings. The average molecular weight is 319 g/mol. The third-order valence-corrected chi connectivity index (χ3v) is 7.08. The summed E-state index contributed by atoms with van der Waals surface area (Å²) in [7, 11) is 0. The van der Waals surface area contributed by atoms with Gasteiger partial charge in [0, 0.05) is 5.41 Å². The molecule has 0 heterocycles. The minimum atomic E-state index is 0.112. The predicted molar refractivity (Wildman–Crippen MR) is 104 cm³/mol. The number of hydrogen-bond acceptors (Lipinski definition) is 0. The van der Waals surface area contributed by atoms with Crippen LogP contribution in [0.25, 0.3) is 11.1 Å². The topological polar surface area (TPSA) is 0 Å². The molecule has 0 amide bonds. The summed E-state index contributed by atoms with van der Waals surface area (Å²) in [5.74, 6) is 0. The fourth-order valence-electron chi connectivity index (χ4n) is 6.27. The van der Waals surface area contributed by atoms with Gasteiger partial charge in [-0.1, -0.05) is 81.6 Å². The Morgan fingerprint density at radius 1 is 0.667 bits per heavy atom. The molecule has 0 radical (unpaired) electrons. The molecule has 0 saturated heterocycles. The second kappa shape index (κ2) is 4.75. The zero-order valence-electron chi connectivity index (χ0n) is 16.1. The molecule has 24 heavy (non-hydrogen) atoms. The van der Waals surface area contributed by atoms with E-state index in [0.29, 0.717) is 0 Å². The second-order valence-electron chi connectivity index (χ2n) is 9.47. The van der Waals surface area contributed by atoms with Crippen molar-refractivity contribution in [3.8, 4) is 11.1 Å². The first kappa shape index (κ1) is 15.9. The summed E-state index contributed by atoms with van der Waals surface area (Å²) in [4.78, 5) is 0. The first-order valence-corrected chi connectivity index (χ1v) is 9.43. The number of rotatable bonds is 0. The van der Waals surface area contributed by atoms with Crippen LogP contribution < -0.4 is 0 Å². The van der Waals surface area contributed by atoms with Gasteiger partial charge in [0.2, 0.25) is 0 Å². The minimum Gasteiger partial charge on any atom is -0.0587 e. The monoisotopic (exact) mass is 318 g/mol. The van der Waals surface area contributed by atoms with Gasteiger partial charge in [-0.25, -0.2) is 0 Å². The highest BCUT2D eigenvalue weighted by atomic mass is 14.6. The van der Waals surface area contributed by atoms with Gasteiger partial charge in [-0.05, 0) is 59.8 Å². The lowest BCUT2D eigenvalue weighted by Gasteiger charge is -2.59. The van der Waals surface area contributed by atoms with Gasteiger partial charge in [0.15, 0.2) is 0 Å². The van der Waals surface area contributed by atoms with Gasteiger partial charge in [0.25, 0.3) is 0 Å². The van der Waals surface area contributed by atoms with Crippen molar-refractivity contribution in [1.29, 1.82) is 0 Å². The molecule has 0 nitrogen and oxygen atoms in total. The third kappa shape index (κ3) is 1.75. The van der Waals surface area contributed by atoms with Crippen LogP contribution in [0.1, 0.15) is 69.2 Å². The Morgan fingerprint density at radius 2 is 1.08 bits per heavy atom. The van der Waals surface area contributed by atoms with Crippen LogP contribution in [-0.2, 0) is 5.41 Å². The molecule has 1 saturated carbocycles. The van der Waals surface area contributed by atoms with E-state index in [4.69, 9.17) is 0 Å². The smallest absolute Gasteiger partial charge is 0.0317 e. The zero-order valence-corrected chi connectivity index (χ0v) is 16.1. The summed E-state index contributed by atoms with van der Waals surface area (Å²) in [6.07, 6.45) is 3.94. The average Bonchev–Trinajstić information content (AvgIpc) is 2.75. The SMILES string of the molecule is Cc1ccc2c(c1)C1(c3cc(C)ccc3-2)C(C)(C)CCCC1(C)C. The first-order valence-electron chi connectivity index (χ1n) is 9.43. The zero-order chi connectivity index (χ0) is 17.3. The van der Waals surface area contributed by atoms with Gasteiger partial charge < -0.3 is 0 Å². The van der Waals surface area contributed by atoms with Crippen molar-refractivity contribution in [2.24, 2.45) is 10.8 Å². The molecule has 0 aromatic heterocycles. The van der Waals surface area contributed by atoms with E-state index in [9.17, 15) is 0 Å². The first-order chi connectivity index (χ1) is 11.2. The molecule has 1 spiro atoms. The Morgan fingerprint density at radius 3 is 1.50 bits per heavy atom. The van der Waals surface area contributed by atoms with Crippen molar-refractivity contribution in [1.82, 2.24) is 0 Å². The van der Waals surface area contributed by atoms with Crippen molar-refractivity contribution >= 4 is 0 Å². The molecule has 0 bridgehead atoms. The van der Waals surface area contributed by atoms with Crippen LogP contribution in [0, 0.1) is 24.7 Å². The number of benzene rings is 2. The number of aryl methyl sites for hydroxylation is 2. The van der Waals surface area contributed by atoms with Crippen LogP contribution >= 0.6 is 0 Å². The van der Waals surface area contributed by atoms with Crippen LogP contribution in [0.2, 0.25) is 0 Å². The van der Waals surface area contributed by atoms with E-state index < -0.39 is 0 Å². The predicted octanol–water partition coefficient (Wildman–Crippen LogP) is 6.81. The van der Waals surface area contributed by atoms with Gasteiger partial charge >= 0.3 is 0 Å². The van der Waals surface area contributed by atoms with Crippen LogP contribution in [0.15, 0.2) is 36.4 Å². The van der Waals surface area contributed by atoms with E-state index >= 15 is 0 Å². The Hall–Kier alpha value is -1.56. The summed E-state index contributed by atoms with van der Waals surface area (Å²) < 4.78 is 0. The van der Waals surface area contributed by atoms with Crippen LogP contribution in [0.3, 0.4) is 0 Å². The van der Waals surface area contributed by atoms with E-state index in [2.05, 4.69) is 77.9 Å². The molecule has 0 atom stereocenters. The molecule has 2 aromatic carbocycles. The highest BCUT2D eigenvalue weighted by molar-refractivity contribution is 5.83. The molecular weight excluding hydrogens is 288 g/mol. The highest BCUT2D eigenvalue weighted by Crippen LogP contribution is 2.69. The summed E-state index contributed by atoms with van der Waals surface area (Å²) in [6.45, 7) is 14.5. The van der Waals surface area contributed by atoms with Crippen molar-refractivity contribution < 1.29 is 0 Å². The fourth-order valence-corrected chi connectivity index (χ4v) is 6.27. The lowest BCUT2D eigenvalue weighted by atomic mass is 9.44. The van der Waals surface area contributed by atoms with Crippen molar-refractivity contribution in [2.75, 3.05) is 0 Å². The largest absolute Gasteiger partial charge is 0.0587 e. The van der Waals surface area contributed by atoms with Crippen LogP contribution in [0.5, 0.6) is 0 Å². The Balaban J connectivity index is 2.19. The summed E-state index contributed by atoms with van der Waals surface area (Å²) in [5, 5.41) is 0. The fraction of sp³-hybridized carbons (Fsp3) is 0.500. The Bertz CT molecular complexity index is 750. The van der Waals surface area contributed by atoms with E-state index in [1.807, 2.05) is 0 Å². The summed E-state index contributed by atoms with van der Waals surface area (Å²) >= 11 is 0. The molecule has 126 valence electrons. The van der Waals surface area contributed by atoms with Crippen molar-refractivity contribution in [3.63, 3.8) is 0 Å². The maximum Gasteiger partial charge on any atom is 0.0317 e. The lowest BCUT2D eigenvalue weighted by molar-refractivity contribution is 0.00869. The number of fused-ring (bicyclic) bond motifs is 5. The van der Waals surface area contributed by atoms with E-state index in [0.717, 1.165) is 0 Å². The molecule has 2 aromatic rings. The Kier molecular flexibility index (Phi) is 3.15. The normalized spacial score (nSPS) is 22.2. The van der Waals surface area contributed by atoms with Gasteiger partial charge in [-0.3, -0.25) is 0 Å². The minimum absolute atomic E-state index is 0.112. The van der Waals surface area contributed by atoms with E-state index in [1.165, 1.54) is 41.5 Å². The van der Waals surface area contributed by atoms with Crippen molar-refractivity contribution in [2.45, 2.75) is 66.2 Å². The molecule has 0 aliphatic heterocycles. The van der Waals surface area contributed by atoms with E-state index in [-0.39, 0.29) is 16.2 Å². The van der Waals surface area contributed by atoms with Crippen molar-refractivity contribution in [3.05, 3.63) is 58.7 Å². The standard InChI is InChI=1S/C24H30/c1-16-8-10-18-19-11-9-17(2)15-21(19)24(20(18)14-16)22(3,4)12-7-13-23(24,5)6/h8-11,14-15H,7,12-13H2,1-6H3. The molecule has 0 N–H and O–H groups in total. The van der Waals surface area contributed by atoms with Crippen LogP contribution in [-0.4, -0.2) is 0 Å². The molecule has 0 heteroatoms. The van der Waals surface area contributed by atoms with Gasteiger partial charge in [0.1, 0.15) is 0 Å². The second-order valence-corrected chi connectivity index (χ2v) is 9.47. The van der Waals surface area contributed by atoms with E-state index in [1.54, 1.807) is 11.1 Å². The highest BCUT2D eigenvalue weighted by Gasteiger charge is 2.62. The number of hydrogen-bond donors (Lipinski definition) is 0. The maximum absolute atomic E-state index is 2.51.